The molecule has 1 aliphatic heterocycles. The van der Waals surface area contributed by atoms with Gasteiger partial charge in [-0.05, 0) is 82.6 Å². The number of rotatable bonds is 7. The lowest BCUT2D eigenvalue weighted by Gasteiger charge is -2.32. The van der Waals surface area contributed by atoms with Gasteiger partial charge in [-0.2, -0.15) is 0 Å². The Labute approximate surface area is 195 Å². The van der Waals surface area contributed by atoms with Gasteiger partial charge in [-0.3, -0.25) is 14.9 Å². The lowest BCUT2D eigenvalue weighted by atomic mass is 9.87. The standard InChI is InChI=1S/C25H36N4O4/c1-15-4-6-18(7-5-15)26-23(30)19-11-22(29(32)33)20(27-25(8-9-25)24(2,3)31)12-21(19)28-13-16-10-17(16)14-28/h11-12,15-18,27,31H,4-10,13-14H2,1-3H3,(H,26,30)/t15-,16?,17?,18-. The van der Waals surface area contributed by atoms with Gasteiger partial charge in [0.05, 0.1) is 27.3 Å². The fourth-order valence-electron chi connectivity index (χ4n) is 5.81. The van der Waals surface area contributed by atoms with E-state index in [-0.39, 0.29) is 17.6 Å². The molecule has 4 aliphatic rings. The Morgan fingerprint density at radius 2 is 1.82 bits per heavy atom. The normalized spacial score (nSPS) is 29.9. The average molecular weight is 457 g/mol. The number of carbonyl (C=O) groups is 1. The smallest absolute Gasteiger partial charge is 0.293 e. The molecule has 180 valence electrons. The first-order chi connectivity index (χ1) is 15.6. The second kappa shape index (κ2) is 7.86. The Morgan fingerprint density at radius 1 is 1.18 bits per heavy atom. The van der Waals surface area contributed by atoms with Crippen molar-refractivity contribution in [1.29, 1.82) is 0 Å². The SMILES string of the molecule is CC(C)(O)C1(Nc2cc(N3CC4CC4C3)c(C(=O)N[C@H]3CC[C@H](C)CC3)cc2[N+](=O)[O-])CC1. The van der Waals surface area contributed by atoms with Crippen LogP contribution in [0.5, 0.6) is 0 Å². The molecule has 1 heterocycles. The maximum absolute atomic E-state index is 13.4. The number of amides is 1. The molecular weight excluding hydrogens is 420 g/mol. The van der Waals surface area contributed by atoms with Gasteiger partial charge in [0.2, 0.25) is 0 Å². The van der Waals surface area contributed by atoms with Crippen molar-refractivity contribution in [2.45, 2.75) is 82.9 Å². The zero-order valence-electron chi connectivity index (χ0n) is 19.9. The van der Waals surface area contributed by atoms with E-state index < -0.39 is 16.1 Å². The molecule has 2 atom stereocenters. The predicted octanol–water partition coefficient (Wildman–Crippen LogP) is 4.07. The Morgan fingerprint density at radius 3 is 2.36 bits per heavy atom. The number of hydrogen-bond donors (Lipinski definition) is 3. The number of anilines is 2. The monoisotopic (exact) mass is 456 g/mol. The first kappa shape index (κ1) is 22.4. The summed E-state index contributed by atoms with van der Waals surface area (Å²) in [5.74, 6) is 1.79. The highest BCUT2D eigenvalue weighted by atomic mass is 16.6. The Bertz CT molecular complexity index is 950. The number of hydrogen-bond acceptors (Lipinski definition) is 6. The second-order valence-electron chi connectivity index (χ2n) is 11.5. The minimum Gasteiger partial charge on any atom is -0.388 e. The summed E-state index contributed by atoms with van der Waals surface area (Å²) in [5, 5.41) is 29.2. The highest BCUT2D eigenvalue weighted by Crippen LogP contribution is 2.51. The molecule has 8 heteroatoms. The molecule has 3 N–H and O–H groups in total. The van der Waals surface area contributed by atoms with E-state index in [1.54, 1.807) is 19.9 Å². The molecule has 1 aromatic carbocycles. The largest absolute Gasteiger partial charge is 0.388 e. The van der Waals surface area contributed by atoms with Gasteiger partial charge >= 0.3 is 0 Å². The molecule has 33 heavy (non-hydrogen) atoms. The fourth-order valence-corrected chi connectivity index (χ4v) is 5.81. The van der Waals surface area contributed by atoms with Crippen LogP contribution in [-0.2, 0) is 0 Å². The van der Waals surface area contributed by atoms with Gasteiger partial charge in [-0.25, -0.2) is 0 Å². The van der Waals surface area contributed by atoms with Gasteiger partial charge in [0.25, 0.3) is 11.6 Å². The minimum atomic E-state index is -1.01. The third-order valence-electron chi connectivity index (χ3n) is 8.52. The molecule has 1 amide bonds. The van der Waals surface area contributed by atoms with E-state index in [0.29, 0.717) is 29.0 Å². The van der Waals surface area contributed by atoms with Crippen molar-refractivity contribution >= 4 is 23.0 Å². The fraction of sp³-hybridized carbons (Fsp3) is 0.720. The number of nitro groups is 1. The van der Waals surface area contributed by atoms with Crippen LogP contribution in [0.1, 0.15) is 76.1 Å². The molecule has 0 radical (unpaired) electrons. The molecule has 5 rings (SSSR count). The number of nitrogens with zero attached hydrogens (tertiary/aromatic N) is 2. The van der Waals surface area contributed by atoms with E-state index in [0.717, 1.165) is 57.3 Å². The summed E-state index contributed by atoms with van der Waals surface area (Å²) in [7, 11) is 0. The van der Waals surface area contributed by atoms with Crippen LogP contribution in [0.2, 0.25) is 0 Å². The Hall–Kier alpha value is -2.35. The van der Waals surface area contributed by atoms with Crippen molar-refractivity contribution in [2.24, 2.45) is 17.8 Å². The molecule has 0 aromatic heterocycles. The minimum absolute atomic E-state index is 0.110. The molecule has 4 fully saturated rings. The van der Waals surface area contributed by atoms with Crippen LogP contribution in [0.15, 0.2) is 12.1 Å². The van der Waals surface area contributed by atoms with Gasteiger partial charge < -0.3 is 20.6 Å². The van der Waals surface area contributed by atoms with Crippen LogP contribution in [0, 0.1) is 27.9 Å². The summed E-state index contributed by atoms with van der Waals surface area (Å²) in [6.45, 7) is 7.49. The first-order valence-electron chi connectivity index (χ1n) is 12.4. The van der Waals surface area contributed by atoms with Gasteiger partial charge in [0.1, 0.15) is 5.69 Å². The van der Waals surface area contributed by atoms with E-state index in [1.807, 2.05) is 0 Å². The molecule has 2 unspecified atom stereocenters. The van der Waals surface area contributed by atoms with Gasteiger partial charge in [-0.1, -0.05) is 6.92 Å². The Balaban J connectivity index is 1.48. The number of nitrogens with one attached hydrogen (secondary N) is 2. The number of piperidine rings is 1. The molecule has 3 saturated carbocycles. The number of carbonyl (C=O) groups excluding carboxylic acids is 1. The lowest BCUT2D eigenvalue weighted by Crippen LogP contribution is -2.44. The van der Waals surface area contributed by atoms with Crippen LogP contribution in [0.25, 0.3) is 0 Å². The quantitative estimate of drug-likeness (QED) is 0.422. The highest BCUT2D eigenvalue weighted by Gasteiger charge is 2.55. The summed E-state index contributed by atoms with van der Waals surface area (Å²) in [6, 6.07) is 3.35. The van der Waals surface area contributed by atoms with E-state index in [4.69, 9.17) is 0 Å². The first-order valence-corrected chi connectivity index (χ1v) is 12.4. The zero-order valence-corrected chi connectivity index (χ0v) is 19.9. The van der Waals surface area contributed by atoms with E-state index in [9.17, 15) is 20.0 Å². The van der Waals surface area contributed by atoms with E-state index in [2.05, 4.69) is 22.5 Å². The summed E-state index contributed by atoms with van der Waals surface area (Å²) in [6.07, 6.45) is 6.82. The topological polar surface area (TPSA) is 108 Å². The lowest BCUT2D eigenvalue weighted by molar-refractivity contribution is -0.384. The third-order valence-corrected chi connectivity index (χ3v) is 8.52. The molecule has 3 aliphatic carbocycles. The van der Waals surface area contributed by atoms with Crippen molar-refractivity contribution < 1.29 is 14.8 Å². The van der Waals surface area contributed by atoms with Crippen LogP contribution in [0.4, 0.5) is 17.1 Å². The van der Waals surface area contributed by atoms with Gasteiger partial charge in [-0.15, -0.1) is 0 Å². The van der Waals surface area contributed by atoms with Crippen molar-refractivity contribution in [3.05, 3.63) is 27.8 Å². The van der Waals surface area contributed by atoms with Crippen LogP contribution >= 0.6 is 0 Å². The third kappa shape index (κ3) is 4.29. The molecular formula is C25H36N4O4. The van der Waals surface area contributed by atoms with Crippen molar-refractivity contribution in [3.63, 3.8) is 0 Å². The summed E-state index contributed by atoms with van der Waals surface area (Å²) in [4.78, 5) is 27.2. The van der Waals surface area contributed by atoms with Crippen molar-refractivity contribution in [1.82, 2.24) is 5.32 Å². The van der Waals surface area contributed by atoms with Crippen LogP contribution < -0.4 is 15.5 Å². The summed E-state index contributed by atoms with van der Waals surface area (Å²) in [5.41, 5.74) is -0.155. The maximum Gasteiger partial charge on any atom is 0.293 e. The Kier molecular flexibility index (Phi) is 5.34. The molecule has 1 aromatic rings. The maximum atomic E-state index is 13.4. The molecule has 8 nitrogen and oxygen atoms in total. The molecule has 0 bridgehead atoms. The highest BCUT2D eigenvalue weighted by molar-refractivity contribution is 6.02. The van der Waals surface area contributed by atoms with E-state index >= 15 is 0 Å². The second-order valence-corrected chi connectivity index (χ2v) is 11.5. The van der Waals surface area contributed by atoms with Crippen molar-refractivity contribution in [2.75, 3.05) is 23.3 Å². The molecule has 1 saturated heterocycles. The average Bonchev–Trinajstić information content (AvgIpc) is 3.66. The van der Waals surface area contributed by atoms with Gasteiger partial charge in [0, 0.05) is 25.2 Å². The van der Waals surface area contributed by atoms with E-state index in [1.165, 1.54) is 12.5 Å². The number of nitro benzene ring substituents is 1. The number of fused-ring (bicyclic) bond motifs is 1. The number of benzene rings is 1. The molecule has 0 spiro atoms. The predicted molar refractivity (Wildman–Crippen MR) is 128 cm³/mol. The van der Waals surface area contributed by atoms with Gasteiger partial charge in [0.15, 0.2) is 0 Å². The summed E-state index contributed by atoms with van der Waals surface area (Å²) < 4.78 is 0. The van der Waals surface area contributed by atoms with Crippen LogP contribution in [-0.4, -0.2) is 46.2 Å². The number of aliphatic hydroxyl groups is 1. The van der Waals surface area contributed by atoms with Crippen molar-refractivity contribution in [3.8, 4) is 0 Å². The van der Waals surface area contributed by atoms with Crippen LogP contribution in [0.3, 0.4) is 0 Å². The summed E-state index contributed by atoms with van der Waals surface area (Å²) >= 11 is 0. The zero-order chi connectivity index (χ0) is 23.5.